The van der Waals surface area contributed by atoms with Crippen LogP contribution in [0.3, 0.4) is 0 Å². The monoisotopic (exact) mass is 386 g/mol. The molecule has 160 valence electrons. The van der Waals surface area contributed by atoms with E-state index in [9.17, 15) is 5.11 Å². The Bertz CT molecular complexity index is 567. The molecule has 9 atom stereocenters. The van der Waals surface area contributed by atoms with Crippen LogP contribution >= 0.6 is 0 Å². The summed E-state index contributed by atoms with van der Waals surface area (Å²) in [6.45, 7) is 10.3. The number of aliphatic hydroxyl groups excluding tert-OH is 1. The highest BCUT2D eigenvalue weighted by Crippen LogP contribution is 2.68. The first-order valence-electron chi connectivity index (χ1n) is 12.7. The zero-order chi connectivity index (χ0) is 19.9. The van der Waals surface area contributed by atoms with E-state index < -0.39 is 0 Å². The van der Waals surface area contributed by atoms with Crippen molar-refractivity contribution in [2.45, 2.75) is 98.3 Å². The van der Waals surface area contributed by atoms with Crippen molar-refractivity contribution in [3.05, 3.63) is 12.2 Å². The van der Waals surface area contributed by atoms with Gasteiger partial charge in [-0.25, -0.2) is 0 Å². The van der Waals surface area contributed by atoms with E-state index in [1.54, 1.807) is 0 Å². The van der Waals surface area contributed by atoms with Gasteiger partial charge in [-0.3, -0.25) is 0 Å². The molecule has 0 spiro atoms. The second-order valence-corrected chi connectivity index (χ2v) is 11.9. The molecule has 0 aromatic rings. The molecule has 4 aliphatic rings. The third-order valence-electron chi connectivity index (χ3n) is 10.6. The Morgan fingerprint density at radius 1 is 0.893 bits per heavy atom. The quantitative estimate of drug-likeness (QED) is 0.493. The SMILES string of the molecule is CC(CO)CC=C[C@@H](C)[C@H]1CC[C@H]2[C@@H]3CCC4CCCC[C@]4(C)[C@H]3CC[C@]12C. The van der Waals surface area contributed by atoms with Gasteiger partial charge < -0.3 is 5.11 Å². The maximum atomic E-state index is 9.29. The predicted octanol–water partition coefficient (Wildman–Crippen LogP) is 7.25. The summed E-state index contributed by atoms with van der Waals surface area (Å²) >= 11 is 0. The van der Waals surface area contributed by atoms with Crippen molar-refractivity contribution >= 4 is 0 Å². The van der Waals surface area contributed by atoms with Gasteiger partial charge in [0.15, 0.2) is 0 Å². The molecule has 28 heavy (non-hydrogen) atoms. The Labute approximate surface area is 174 Å². The number of hydrogen-bond acceptors (Lipinski definition) is 1. The van der Waals surface area contributed by atoms with Crippen LogP contribution in [-0.2, 0) is 0 Å². The number of hydrogen-bond donors (Lipinski definition) is 1. The van der Waals surface area contributed by atoms with Crippen LogP contribution in [0, 0.1) is 52.3 Å². The van der Waals surface area contributed by atoms with Crippen molar-refractivity contribution in [3.8, 4) is 0 Å². The molecule has 0 aromatic carbocycles. The molecule has 0 radical (unpaired) electrons. The van der Waals surface area contributed by atoms with Gasteiger partial charge in [0.2, 0.25) is 0 Å². The second kappa shape index (κ2) is 8.09. The van der Waals surface area contributed by atoms with Crippen molar-refractivity contribution in [1.82, 2.24) is 0 Å². The lowest BCUT2D eigenvalue weighted by atomic mass is 9.44. The van der Waals surface area contributed by atoms with Gasteiger partial charge in [-0.15, -0.1) is 0 Å². The molecular weight excluding hydrogens is 340 g/mol. The second-order valence-electron chi connectivity index (χ2n) is 11.9. The molecule has 2 unspecified atom stereocenters. The maximum absolute atomic E-state index is 9.29. The third kappa shape index (κ3) is 3.42. The van der Waals surface area contributed by atoms with Crippen LogP contribution in [0.1, 0.15) is 98.3 Å². The number of allylic oxidation sites excluding steroid dienone is 2. The summed E-state index contributed by atoms with van der Waals surface area (Å²) < 4.78 is 0. The van der Waals surface area contributed by atoms with Gasteiger partial charge in [0.25, 0.3) is 0 Å². The minimum atomic E-state index is 0.310. The van der Waals surface area contributed by atoms with Crippen LogP contribution in [-0.4, -0.2) is 11.7 Å². The predicted molar refractivity (Wildman–Crippen MR) is 119 cm³/mol. The summed E-state index contributed by atoms with van der Waals surface area (Å²) in [5.74, 6) is 6.04. The highest BCUT2D eigenvalue weighted by atomic mass is 16.3. The fourth-order valence-electron chi connectivity index (χ4n) is 8.93. The lowest BCUT2D eigenvalue weighted by Crippen LogP contribution is -2.53. The summed E-state index contributed by atoms with van der Waals surface area (Å²) in [7, 11) is 0. The van der Waals surface area contributed by atoms with E-state index in [1.807, 2.05) is 0 Å². The summed E-state index contributed by atoms with van der Waals surface area (Å²) in [6, 6.07) is 0. The normalized spacial score (nSPS) is 48.0. The highest BCUT2D eigenvalue weighted by molar-refractivity contribution is 5.10. The first-order valence-corrected chi connectivity index (χ1v) is 12.7. The molecule has 1 heteroatoms. The van der Waals surface area contributed by atoms with Crippen LogP contribution < -0.4 is 0 Å². The Morgan fingerprint density at radius 2 is 1.68 bits per heavy atom. The van der Waals surface area contributed by atoms with E-state index in [0.29, 0.717) is 29.3 Å². The van der Waals surface area contributed by atoms with Crippen molar-refractivity contribution < 1.29 is 5.11 Å². The molecule has 0 heterocycles. The standard InChI is InChI=1S/C27H46O/c1-19(18-28)8-7-9-20(2)23-13-14-24-22-12-11-21-10-5-6-16-26(21,3)25(22)15-17-27(23,24)4/h7,9,19-25,28H,5-6,8,10-18H2,1-4H3/t19?,20-,21?,22+,23-,24+,25+,26+,27-/m1/s1. The fraction of sp³-hybridized carbons (Fsp3) is 0.926. The number of fused-ring (bicyclic) bond motifs is 5. The molecule has 1 nitrogen and oxygen atoms in total. The topological polar surface area (TPSA) is 20.2 Å². The minimum absolute atomic E-state index is 0.310. The van der Waals surface area contributed by atoms with Gasteiger partial charge in [-0.1, -0.05) is 52.7 Å². The molecule has 1 N–H and O–H groups in total. The molecular formula is C27H46O. The van der Waals surface area contributed by atoms with Crippen molar-refractivity contribution in [1.29, 1.82) is 0 Å². The molecule has 0 saturated heterocycles. The molecule has 0 bridgehead atoms. The molecule has 0 amide bonds. The molecule has 0 aromatic heterocycles. The first-order chi connectivity index (χ1) is 13.4. The van der Waals surface area contributed by atoms with E-state index in [0.717, 1.165) is 36.0 Å². The van der Waals surface area contributed by atoms with E-state index in [1.165, 1.54) is 64.2 Å². The lowest BCUT2D eigenvalue weighted by molar-refractivity contribution is -0.112. The third-order valence-corrected chi connectivity index (χ3v) is 10.6. The summed E-state index contributed by atoms with van der Waals surface area (Å²) in [4.78, 5) is 0. The van der Waals surface area contributed by atoms with E-state index in [2.05, 4.69) is 39.8 Å². The highest BCUT2D eigenvalue weighted by Gasteiger charge is 2.59. The Morgan fingerprint density at radius 3 is 2.46 bits per heavy atom. The first kappa shape index (κ1) is 21.0. The van der Waals surface area contributed by atoms with Gasteiger partial charge in [-0.2, -0.15) is 0 Å². The summed E-state index contributed by atoms with van der Waals surface area (Å²) in [5.41, 5.74) is 1.25. The van der Waals surface area contributed by atoms with Crippen LogP contribution in [0.5, 0.6) is 0 Å². The van der Waals surface area contributed by atoms with Gasteiger partial charge in [-0.05, 0) is 110 Å². The van der Waals surface area contributed by atoms with Crippen molar-refractivity contribution in [2.75, 3.05) is 6.61 Å². The van der Waals surface area contributed by atoms with Crippen molar-refractivity contribution in [2.24, 2.45) is 52.3 Å². The van der Waals surface area contributed by atoms with E-state index in [-0.39, 0.29) is 0 Å². The van der Waals surface area contributed by atoms with Crippen LogP contribution in [0.25, 0.3) is 0 Å². The Hall–Kier alpha value is -0.300. The average molecular weight is 387 g/mol. The lowest BCUT2D eigenvalue weighted by Gasteiger charge is -2.60. The summed E-state index contributed by atoms with van der Waals surface area (Å²) in [5, 5.41) is 9.29. The van der Waals surface area contributed by atoms with Gasteiger partial charge in [0.1, 0.15) is 0 Å². The van der Waals surface area contributed by atoms with Crippen molar-refractivity contribution in [3.63, 3.8) is 0 Å². The van der Waals surface area contributed by atoms with Crippen LogP contribution in [0.2, 0.25) is 0 Å². The Kier molecular flexibility index (Phi) is 6.05. The minimum Gasteiger partial charge on any atom is -0.396 e. The number of rotatable bonds is 5. The molecule has 4 aliphatic carbocycles. The summed E-state index contributed by atoms with van der Waals surface area (Å²) in [6.07, 6.45) is 20.9. The number of aliphatic hydroxyl groups is 1. The zero-order valence-corrected chi connectivity index (χ0v) is 19.1. The Balaban J connectivity index is 1.47. The van der Waals surface area contributed by atoms with E-state index >= 15 is 0 Å². The fourth-order valence-corrected chi connectivity index (χ4v) is 8.93. The molecule has 4 fully saturated rings. The molecule has 4 saturated carbocycles. The largest absolute Gasteiger partial charge is 0.396 e. The van der Waals surface area contributed by atoms with Gasteiger partial charge >= 0.3 is 0 Å². The van der Waals surface area contributed by atoms with Crippen LogP contribution in [0.15, 0.2) is 12.2 Å². The smallest absolute Gasteiger partial charge is 0.0459 e. The molecule has 4 rings (SSSR count). The van der Waals surface area contributed by atoms with Gasteiger partial charge in [0.05, 0.1) is 0 Å². The zero-order valence-electron chi connectivity index (χ0n) is 19.1. The van der Waals surface area contributed by atoms with Gasteiger partial charge in [0, 0.05) is 6.61 Å². The van der Waals surface area contributed by atoms with Crippen LogP contribution in [0.4, 0.5) is 0 Å². The maximum Gasteiger partial charge on any atom is 0.0459 e. The average Bonchev–Trinajstić information content (AvgIpc) is 3.04. The van der Waals surface area contributed by atoms with E-state index in [4.69, 9.17) is 0 Å². The molecule has 0 aliphatic heterocycles.